The number of nitrogens with zero attached hydrogens (tertiary/aromatic N) is 3. The van der Waals surface area contributed by atoms with Crippen LogP contribution in [0.25, 0.3) is 5.69 Å². The van der Waals surface area contributed by atoms with Crippen molar-refractivity contribution < 1.29 is 4.79 Å². The number of nitrogens with one attached hydrogen (secondary N) is 1. The van der Waals surface area contributed by atoms with Crippen LogP contribution in [0.3, 0.4) is 0 Å². The zero-order valence-corrected chi connectivity index (χ0v) is 12.7. The lowest BCUT2D eigenvalue weighted by Gasteiger charge is -2.16. The average molecular weight is 308 g/mol. The van der Waals surface area contributed by atoms with Gasteiger partial charge in [0.15, 0.2) is 0 Å². The van der Waals surface area contributed by atoms with E-state index in [0.717, 1.165) is 0 Å². The molecule has 0 radical (unpaired) electrons. The van der Waals surface area contributed by atoms with Crippen molar-refractivity contribution >= 4 is 23.2 Å². The lowest BCUT2D eigenvalue weighted by molar-refractivity contribution is -0.117. The van der Waals surface area contributed by atoms with Crippen molar-refractivity contribution in [3.05, 3.63) is 35.9 Å². The van der Waals surface area contributed by atoms with E-state index in [1.807, 2.05) is 13.8 Å². The summed E-state index contributed by atoms with van der Waals surface area (Å²) in [7, 11) is 0. The molecule has 21 heavy (non-hydrogen) atoms. The topological polar surface area (TPSA) is 85.8 Å². The van der Waals surface area contributed by atoms with Gasteiger partial charge in [-0.2, -0.15) is 5.10 Å². The van der Waals surface area contributed by atoms with Crippen molar-refractivity contribution in [2.75, 3.05) is 5.32 Å². The molecule has 0 fully saturated rings. The molecule has 0 saturated carbocycles. The van der Waals surface area contributed by atoms with Crippen molar-refractivity contribution in [1.29, 1.82) is 0 Å². The van der Waals surface area contributed by atoms with Gasteiger partial charge in [-0.15, -0.1) is 0 Å². The summed E-state index contributed by atoms with van der Waals surface area (Å²) in [5, 5.41) is 7.32. The van der Waals surface area contributed by atoms with Crippen molar-refractivity contribution in [3.8, 4) is 5.69 Å². The zero-order chi connectivity index (χ0) is 15.4. The third kappa shape index (κ3) is 3.80. The third-order valence-corrected chi connectivity index (χ3v) is 3.26. The number of hydrogen-bond acceptors (Lipinski definition) is 4. The Kier molecular flexibility index (Phi) is 4.93. The number of nitrogens with two attached hydrogens (primary N) is 1. The first-order valence-corrected chi connectivity index (χ1v) is 7.06. The Morgan fingerprint density at radius 1 is 1.48 bits per heavy atom. The maximum absolute atomic E-state index is 12.2. The van der Waals surface area contributed by atoms with E-state index < -0.39 is 6.04 Å². The molecule has 2 aromatic rings. The van der Waals surface area contributed by atoms with Gasteiger partial charge in [0.05, 0.1) is 16.8 Å². The Balaban J connectivity index is 2.25. The monoisotopic (exact) mass is 307 g/mol. The smallest absolute Gasteiger partial charge is 0.241 e. The van der Waals surface area contributed by atoms with Crippen LogP contribution in [0, 0.1) is 5.92 Å². The minimum absolute atomic E-state index is 0.243. The van der Waals surface area contributed by atoms with E-state index in [1.54, 1.807) is 18.2 Å². The summed E-state index contributed by atoms with van der Waals surface area (Å²) in [5.41, 5.74) is 7.02. The Bertz CT molecular complexity index is 612. The summed E-state index contributed by atoms with van der Waals surface area (Å²) in [6, 6.07) is 4.67. The highest BCUT2D eigenvalue weighted by Gasteiger charge is 2.18. The van der Waals surface area contributed by atoms with Crippen LogP contribution in [0.15, 0.2) is 30.9 Å². The molecule has 7 heteroatoms. The minimum atomic E-state index is -0.562. The van der Waals surface area contributed by atoms with Gasteiger partial charge in [0.1, 0.15) is 18.3 Å². The summed E-state index contributed by atoms with van der Waals surface area (Å²) in [4.78, 5) is 16.0. The molecule has 1 aromatic heterocycles. The lowest BCUT2D eigenvalue weighted by Crippen LogP contribution is -2.36. The molecule has 0 saturated heterocycles. The van der Waals surface area contributed by atoms with E-state index in [-0.39, 0.29) is 5.91 Å². The summed E-state index contributed by atoms with van der Waals surface area (Å²) in [5.74, 6) is 0.104. The Hall–Kier alpha value is -1.92. The zero-order valence-electron chi connectivity index (χ0n) is 12.0. The fourth-order valence-corrected chi connectivity index (χ4v) is 2.27. The largest absolute Gasteiger partial charge is 0.323 e. The maximum atomic E-state index is 12.2. The molecular formula is C14H18ClN5O. The van der Waals surface area contributed by atoms with Crippen LogP contribution in [-0.2, 0) is 4.79 Å². The number of amides is 1. The molecule has 0 spiro atoms. The van der Waals surface area contributed by atoms with Crippen LogP contribution < -0.4 is 11.1 Å². The predicted octanol–water partition coefficient (Wildman–Crippen LogP) is 2.23. The molecule has 0 aliphatic heterocycles. The third-order valence-electron chi connectivity index (χ3n) is 2.95. The fraction of sp³-hybridized carbons (Fsp3) is 0.357. The Morgan fingerprint density at radius 2 is 2.24 bits per heavy atom. The van der Waals surface area contributed by atoms with E-state index >= 15 is 0 Å². The fourth-order valence-electron chi connectivity index (χ4n) is 2.01. The summed E-state index contributed by atoms with van der Waals surface area (Å²) >= 11 is 6.20. The molecule has 0 aliphatic carbocycles. The first kappa shape index (κ1) is 15.5. The number of para-hydroxylation sites is 1. The second kappa shape index (κ2) is 6.69. The van der Waals surface area contributed by atoms with Gasteiger partial charge >= 0.3 is 0 Å². The van der Waals surface area contributed by atoms with Gasteiger partial charge in [0.25, 0.3) is 0 Å². The van der Waals surface area contributed by atoms with Crippen LogP contribution in [-0.4, -0.2) is 26.7 Å². The molecule has 3 N–H and O–H groups in total. The van der Waals surface area contributed by atoms with Crippen LogP contribution in [0.2, 0.25) is 5.02 Å². The van der Waals surface area contributed by atoms with Gasteiger partial charge in [-0.1, -0.05) is 31.5 Å². The van der Waals surface area contributed by atoms with E-state index in [1.165, 1.54) is 17.3 Å². The minimum Gasteiger partial charge on any atom is -0.323 e. The molecule has 0 unspecified atom stereocenters. The highest BCUT2D eigenvalue weighted by molar-refractivity contribution is 6.33. The first-order chi connectivity index (χ1) is 9.99. The lowest BCUT2D eigenvalue weighted by atomic mass is 10.0. The molecular weight excluding hydrogens is 290 g/mol. The number of carbonyl (C=O) groups excluding carboxylic acids is 1. The molecule has 1 atom stereocenters. The number of hydrogen-bond donors (Lipinski definition) is 2. The number of halogens is 1. The Morgan fingerprint density at radius 3 is 2.86 bits per heavy atom. The number of anilines is 1. The quantitative estimate of drug-likeness (QED) is 0.887. The van der Waals surface area contributed by atoms with Crippen LogP contribution in [0.5, 0.6) is 0 Å². The van der Waals surface area contributed by atoms with Crippen molar-refractivity contribution in [1.82, 2.24) is 14.8 Å². The van der Waals surface area contributed by atoms with Crippen LogP contribution >= 0.6 is 11.6 Å². The van der Waals surface area contributed by atoms with Gasteiger partial charge in [-0.3, -0.25) is 4.79 Å². The standard InChI is InChI=1S/C14H18ClN5O/c1-9(2)6-11(16)14(21)19-12-5-3-4-10(15)13(12)20-8-17-7-18-20/h3-5,7-9,11H,6,16H2,1-2H3,(H,19,21)/t11-/m1/s1. The van der Waals surface area contributed by atoms with E-state index in [4.69, 9.17) is 17.3 Å². The van der Waals surface area contributed by atoms with Gasteiger partial charge in [0, 0.05) is 0 Å². The molecule has 0 bridgehead atoms. The van der Waals surface area contributed by atoms with E-state index in [9.17, 15) is 4.79 Å². The predicted molar refractivity (Wildman–Crippen MR) is 82.4 cm³/mol. The second-order valence-corrected chi connectivity index (χ2v) is 5.61. The van der Waals surface area contributed by atoms with Crippen LogP contribution in [0.4, 0.5) is 5.69 Å². The normalized spacial score (nSPS) is 12.4. The average Bonchev–Trinajstić information content (AvgIpc) is 2.91. The molecule has 6 nitrogen and oxygen atoms in total. The number of rotatable bonds is 5. The molecule has 112 valence electrons. The van der Waals surface area contributed by atoms with Gasteiger partial charge in [0.2, 0.25) is 5.91 Å². The number of aromatic nitrogens is 3. The van der Waals surface area contributed by atoms with Crippen LogP contribution in [0.1, 0.15) is 20.3 Å². The van der Waals surface area contributed by atoms with Crippen molar-refractivity contribution in [2.45, 2.75) is 26.3 Å². The maximum Gasteiger partial charge on any atom is 0.241 e. The second-order valence-electron chi connectivity index (χ2n) is 5.20. The highest BCUT2D eigenvalue weighted by atomic mass is 35.5. The molecule has 1 amide bonds. The molecule has 2 rings (SSSR count). The van der Waals surface area contributed by atoms with E-state index in [0.29, 0.717) is 28.7 Å². The molecule has 1 heterocycles. The summed E-state index contributed by atoms with van der Waals surface area (Å²) in [6.07, 6.45) is 3.54. The van der Waals surface area contributed by atoms with Gasteiger partial charge in [-0.05, 0) is 24.5 Å². The molecule has 1 aromatic carbocycles. The van der Waals surface area contributed by atoms with E-state index in [2.05, 4.69) is 15.4 Å². The number of benzene rings is 1. The molecule has 0 aliphatic rings. The highest BCUT2D eigenvalue weighted by Crippen LogP contribution is 2.27. The number of carbonyl (C=O) groups is 1. The summed E-state index contributed by atoms with van der Waals surface area (Å²) in [6.45, 7) is 4.04. The van der Waals surface area contributed by atoms with Gasteiger partial charge < -0.3 is 11.1 Å². The van der Waals surface area contributed by atoms with Gasteiger partial charge in [-0.25, -0.2) is 9.67 Å². The Labute approximate surface area is 128 Å². The van der Waals surface area contributed by atoms with Crippen molar-refractivity contribution in [3.63, 3.8) is 0 Å². The summed E-state index contributed by atoms with van der Waals surface area (Å²) < 4.78 is 1.51. The van der Waals surface area contributed by atoms with Crippen molar-refractivity contribution in [2.24, 2.45) is 11.7 Å². The first-order valence-electron chi connectivity index (χ1n) is 6.69. The SMILES string of the molecule is CC(C)C[C@@H](N)C(=O)Nc1cccc(Cl)c1-n1cncn1.